The van der Waals surface area contributed by atoms with Gasteiger partial charge in [-0.3, -0.25) is 4.79 Å². The van der Waals surface area contributed by atoms with E-state index in [0.717, 1.165) is 35.7 Å². The van der Waals surface area contributed by atoms with Gasteiger partial charge in [0.1, 0.15) is 5.82 Å². The molecule has 3 rings (SSSR count). The van der Waals surface area contributed by atoms with Gasteiger partial charge in [0.05, 0.1) is 18.8 Å². The smallest absolute Gasteiger partial charge is 0.303 e. The van der Waals surface area contributed by atoms with Gasteiger partial charge in [0, 0.05) is 22.2 Å². The number of rotatable bonds is 12. The first kappa shape index (κ1) is 27.8. The molecule has 0 radical (unpaired) electrons. The molecule has 35 heavy (non-hydrogen) atoms. The SMILES string of the molecule is CC(C)=CCC(C)[C@@H](O)C(Br)=C[C@@H]1[C@@H]2C[C@@](c3ccc(F)cc3)(CO2)[C@H]1CC=CCCCC(=O)O. The van der Waals surface area contributed by atoms with Gasteiger partial charge in [0.25, 0.3) is 0 Å². The molecule has 4 nitrogen and oxygen atoms in total. The Labute approximate surface area is 217 Å². The Morgan fingerprint density at radius 3 is 2.66 bits per heavy atom. The van der Waals surface area contributed by atoms with Crippen molar-refractivity contribution >= 4 is 21.9 Å². The number of aliphatic hydroxyl groups is 1. The van der Waals surface area contributed by atoms with Crippen molar-refractivity contribution in [1.82, 2.24) is 0 Å². The first-order chi connectivity index (χ1) is 16.6. The maximum Gasteiger partial charge on any atom is 0.303 e. The molecule has 2 N–H and O–H groups in total. The van der Waals surface area contributed by atoms with Crippen molar-refractivity contribution in [3.05, 3.63) is 70.0 Å². The van der Waals surface area contributed by atoms with Crippen molar-refractivity contribution in [2.45, 2.75) is 76.9 Å². The van der Waals surface area contributed by atoms with Crippen molar-refractivity contribution in [3.63, 3.8) is 0 Å². The second-order valence-electron chi connectivity index (χ2n) is 10.4. The molecule has 1 saturated heterocycles. The van der Waals surface area contributed by atoms with Gasteiger partial charge in [-0.15, -0.1) is 0 Å². The lowest BCUT2D eigenvalue weighted by Crippen LogP contribution is -2.39. The highest BCUT2D eigenvalue weighted by molar-refractivity contribution is 9.11. The molecule has 2 bridgehead atoms. The number of halogens is 2. The van der Waals surface area contributed by atoms with E-state index in [1.807, 2.05) is 19.1 Å². The summed E-state index contributed by atoms with van der Waals surface area (Å²) < 4.78 is 20.7. The van der Waals surface area contributed by atoms with Gasteiger partial charge in [-0.2, -0.15) is 0 Å². The minimum Gasteiger partial charge on any atom is -0.481 e. The highest BCUT2D eigenvalue weighted by atomic mass is 79.9. The Hall–Kier alpha value is -1.76. The third-order valence-electron chi connectivity index (χ3n) is 7.53. The number of benzene rings is 1. The maximum absolute atomic E-state index is 13.7. The Kier molecular flexibility index (Phi) is 9.91. The van der Waals surface area contributed by atoms with E-state index >= 15 is 0 Å². The monoisotopic (exact) mass is 548 g/mol. The predicted molar refractivity (Wildman–Crippen MR) is 141 cm³/mol. The first-order valence-corrected chi connectivity index (χ1v) is 13.4. The third kappa shape index (κ3) is 6.93. The third-order valence-corrected chi connectivity index (χ3v) is 8.27. The van der Waals surface area contributed by atoms with Crippen LogP contribution in [0.15, 0.2) is 58.6 Å². The minimum absolute atomic E-state index is 0.0401. The molecule has 0 aromatic heterocycles. The van der Waals surface area contributed by atoms with E-state index in [-0.39, 0.29) is 41.5 Å². The second kappa shape index (κ2) is 12.5. The lowest BCUT2D eigenvalue weighted by molar-refractivity contribution is -0.137. The predicted octanol–water partition coefficient (Wildman–Crippen LogP) is 6.93. The van der Waals surface area contributed by atoms with Crippen LogP contribution < -0.4 is 0 Å². The van der Waals surface area contributed by atoms with Crippen LogP contribution in [0.5, 0.6) is 0 Å². The summed E-state index contributed by atoms with van der Waals surface area (Å²) in [6.45, 7) is 6.77. The number of allylic oxidation sites excluding steroid dienone is 4. The molecule has 1 aliphatic heterocycles. The quantitative estimate of drug-likeness (QED) is 0.219. The average Bonchev–Trinajstić information content (AvgIpc) is 3.37. The van der Waals surface area contributed by atoms with Gasteiger partial charge in [-0.05, 0) is 75.5 Å². The van der Waals surface area contributed by atoms with Crippen LogP contribution >= 0.6 is 15.9 Å². The number of unbranched alkanes of at least 4 members (excludes halogenated alkanes) is 1. The summed E-state index contributed by atoms with van der Waals surface area (Å²) in [6.07, 6.45) is 12.0. The second-order valence-corrected chi connectivity index (χ2v) is 11.3. The van der Waals surface area contributed by atoms with Crippen molar-refractivity contribution in [2.75, 3.05) is 6.61 Å². The number of carbonyl (C=O) groups is 1. The van der Waals surface area contributed by atoms with E-state index in [1.165, 1.54) is 17.7 Å². The fraction of sp³-hybridized carbons (Fsp3) is 0.552. The molecule has 1 aromatic carbocycles. The highest BCUT2D eigenvalue weighted by Crippen LogP contribution is 2.57. The molecule has 1 aromatic rings. The molecule has 1 unspecified atom stereocenters. The summed E-state index contributed by atoms with van der Waals surface area (Å²) in [4.78, 5) is 10.8. The molecule has 1 saturated carbocycles. The van der Waals surface area contributed by atoms with E-state index in [9.17, 15) is 14.3 Å². The number of aliphatic hydroxyl groups excluding tert-OH is 1. The van der Waals surface area contributed by atoms with Crippen LogP contribution in [0.4, 0.5) is 4.39 Å². The molecule has 6 atom stereocenters. The number of fused-ring (bicyclic) bond motifs is 2. The van der Waals surface area contributed by atoms with Crippen molar-refractivity contribution in [1.29, 1.82) is 0 Å². The van der Waals surface area contributed by atoms with Crippen LogP contribution in [0.25, 0.3) is 0 Å². The molecular weight excluding hydrogens is 511 g/mol. The van der Waals surface area contributed by atoms with Crippen LogP contribution in [-0.2, 0) is 14.9 Å². The van der Waals surface area contributed by atoms with Gasteiger partial charge in [-0.1, -0.05) is 64.9 Å². The van der Waals surface area contributed by atoms with E-state index in [2.05, 4.69) is 54.1 Å². The zero-order valence-corrected chi connectivity index (χ0v) is 22.5. The zero-order chi connectivity index (χ0) is 25.6. The largest absolute Gasteiger partial charge is 0.481 e. The Morgan fingerprint density at radius 2 is 2.00 bits per heavy atom. The van der Waals surface area contributed by atoms with E-state index in [1.54, 1.807) is 0 Å². The van der Waals surface area contributed by atoms with Crippen LogP contribution in [0, 0.1) is 23.6 Å². The highest BCUT2D eigenvalue weighted by Gasteiger charge is 2.58. The summed E-state index contributed by atoms with van der Waals surface area (Å²) in [5, 5.41) is 19.8. The molecule has 1 aliphatic carbocycles. The van der Waals surface area contributed by atoms with Gasteiger partial charge in [0.15, 0.2) is 0 Å². The van der Waals surface area contributed by atoms with E-state index in [0.29, 0.717) is 13.0 Å². The molecule has 1 heterocycles. The summed E-state index contributed by atoms with van der Waals surface area (Å²) in [6, 6.07) is 6.79. The maximum atomic E-state index is 13.7. The zero-order valence-electron chi connectivity index (χ0n) is 20.9. The molecule has 0 spiro atoms. The summed E-state index contributed by atoms with van der Waals surface area (Å²) in [7, 11) is 0. The number of aliphatic carboxylic acids is 1. The number of ether oxygens (including phenoxy) is 1. The molecule has 6 heteroatoms. The van der Waals surface area contributed by atoms with Crippen molar-refractivity contribution in [2.24, 2.45) is 17.8 Å². The van der Waals surface area contributed by atoms with E-state index < -0.39 is 12.1 Å². The molecule has 0 amide bonds. The normalized spacial score (nSPS) is 27.8. The summed E-state index contributed by atoms with van der Waals surface area (Å²) >= 11 is 3.67. The Morgan fingerprint density at radius 1 is 1.29 bits per heavy atom. The molecule has 2 fully saturated rings. The number of hydrogen-bond acceptors (Lipinski definition) is 3. The summed E-state index contributed by atoms with van der Waals surface area (Å²) in [5.41, 5.74) is 2.12. The number of carboxylic acids is 1. The molecular formula is C29H38BrFO4. The van der Waals surface area contributed by atoms with Crippen LogP contribution in [0.3, 0.4) is 0 Å². The lowest BCUT2D eigenvalue weighted by atomic mass is 9.69. The number of carboxylic acid groups (broad SMARTS) is 1. The lowest BCUT2D eigenvalue weighted by Gasteiger charge is -2.38. The molecule has 2 aliphatic rings. The average molecular weight is 550 g/mol. The van der Waals surface area contributed by atoms with Gasteiger partial charge < -0.3 is 14.9 Å². The fourth-order valence-electron chi connectivity index (χ4n) is 5.51. The topological polar surface area (TPSA) is 66.8 Å². The van der Waals surface area contributed by atoms with Crippen LogP contribution in [-0.4, -0.2) is 35.0 Å². The first-order valence-electron chi connectivity index (χ1n) is 12.6. The van der Waals surface area contributed by atoms with Gasteiger partial charge in [0.2, 0.25) is 0 Å². The molecule has 192 valence electrons. The minimum atomic E-state index is -0.772. The van der Waals surface area contributed by atoms with Crippen molar-refractivity contribution < 1.29 is 24.1 Å². The van der Waals surface area contributed by atoms with Crippen molar-refractivity contribution in [3.8, 4) is 0 Å². The van der Waals surface area contributed by atoms with Crippen LogP contribution in [0.1, 0.15) is 64.9 Å². The number of hydrogen-bond donors (Lipinski definition) is 2. The van der Waals surface area contributed by atoms with E-state index in [4.69, 9.17) is 9.84 Å². The standard InChI is InChI=1S/C29H38BrFO4/c1-19(2)10-11-20(3)28(34)25(30)16-23-24(8-6-4-5-7-9-27(32)33)29(17-26(23)35-18-29)21-12-14-22(31)15-13-21/h4,6,10,12-16,20,23-24,26,28,34H,5,7-9,11,17-18H2,1-3H3,(H,32,33)/t20?,23-,24-,26-,28+,29-/m0/s1. The summed E-state index contributed by atoms with van der Waals surface area (Å²) in [5.74, 6) is -0.603. The fourth-order valence-corrected chi connectivity index (χ4v) is 6.26. The van der Waals surface area contributed by atoms with Crippen LogP contribution in [0.2, 0.25) is 0 Å². The van der Waals surface area contributed by atoms with Gasteiger partial charge >= 0.3 is 5.97 Å². The van der Waals surface area contributed by atoms with Gasteiger partial charge in [-0.25, -0.2) is 4.39 Å². The Bertz CT molecular complexity index is 950. The Balaban J connectivity index is 1.83.